The number of hydrogen-bond acceptors (Lipinski definition) is 4. The van der Waals surface area contributed by atoms with Gasteiger partial charge in [0, 0.05) is 19.6 Å². The number of carbonyl (C=O) groups is 1. The number of rotatable bonds is 6. The maximum absolute atomic E-state index is 12.3. The van der Waals surface area contributed by atoms with E-state index in [0.717, 1.165) is 32.4 Å². The molecular weight excluding hydrogens is 314 g/mol. The van der Waals surface area contributed by atoms with Crippen LogP contribution in [-0.2, 0) is 14.8 Å². The number of nitrogens with zero attached hydrogens (tertiary/aromatic N) is 2. The Balaban J connectivity index is 1.73. The summed E-state index contributed by atoms with van der Waals surface area (Å²) in [6, 6.07) is 0. The van der Waals surface area contributed by atoms with Gasteiger partial charge in [-0.3, -0.25) is 4.79 Å². The molecule has 1 atom stereocenters. The van der Waals surface area contributed by atoms with Crippen LogP contribution in [0.2, 0.25) is 0 Å². The van der Waals surface area contributed by atoms with Crippen LogP contribution in [0.3, 0.4) is 0 Å². The van der Waals surface area contributed by atoms with Crippen molar-refractivity contribution in [3.05, 3.63) is 0 Å². The average Bonchev–Trinajstić information content (AvgIpc) is 2.56. The van der Waals surface area contributed by atoms with Crippen molar-refractivity contribution in [1.82, 2.24) is 14.5 Å². The quantitative estimate of drug-likeness (QED) is 0.776. The molecule has 0 aliphatic carbocycles. The molecule has 2 aliphatic heterocycles. The highest BCUT2D eigenvalue weighted by Gasteiger charge is 2.31. The van der Waals surface area contributed by atoms with Gasteiger partial charge in [-0.25, -0.2) is 12.7 Å². The second kappa shape index (κ2) is 8.44. The Kier molecular flexibility index (Phi) is 6.85. The van der Waals surface area contributed by atoms with E-state index in [0.29, 0.717) is 25.6 Å². The first-order chi connectivity index (χ1) is 10.9. The van der Waals surface area contributed by atoms with Gasteiger partial charge in [0.15, 0.2) is 0 Å². The maximum atomic E-state index is 12.3. The van der Waals surface area contributed by atoms with Crippen LogP contribution >= 0.6 is 0 Å². The predicted molar refractivity (Wildman–Crippen MR) is 91.6 cm³/mol. The summed E-state index contributed by atoms with van der Waals surface area (Å²) in [5, 5.41) is 3.03. The Morgan fingerprint density at radius 3 is 2.52 bits per heavy atom. The zero-order chi connectivity index (χ0) is 16.9. The number of carbonyl (C=O) groups excluding carboxylic acids is 1. The van der Waals surface area contributed by atoms with E-state index in [2.05, 4.69) is 17.3 Å². The third-order valence-corrected chi connectivity index (χ3v) is 7.05. The molecule has 1 N–H and O–H groups in total. The van der Waals surface area contributed by atoms with Crippen LogP contribution in [0.5, 0.6) is 0 Å². The van der Waals surface area contributed by atoms with Crippen molar-refractivity contribution < 1.29 is 13.2 Å². The summed E-state index contributed by atoms with van der Waals surface area (Å²) < 4.78 is 25.4. The molecule has 0 aromatic rings. The van der Waals surface area contributed by atoms with E-state index in [1.807, 2.05) is 0 Å². The lowest BCUT2D eigenvalue weighted by Gasteiger charge is -2.31. The highest BCUT2D eigenvalue weighted by molar-refractivity contribution is 7.89. The van der Waals surface area contributed by atoms with Crippen molar-refractivity contribution in [3.63, 3.8) is 0 Å². The topological polar surface area (TPSA) is 69.7 Å². The van der Waals surface area contributed by atoms with Gasteiger partial charge in [-0.1, -0.05) is 0 Å². The molecule has 2 heterocycles. The van der Waals surface area contributed by atoms with Gasteiger partial charge in [0.25, 0.3) is 0 Å². The molecule has 0 radical (unpaired) electrons. The highest BCUT2D eigenvalue weighted by atomic mass is 32.2. The van der Waals surface area contributed by atoms with Gasteiger partial charge in [0.2, 0.25) is 15.9 Å². The molecule has 0 aromatic heterocycles. The van der Waals surface area contributed by atoms with Gasteiger partial charge in [-0.05, 0) is 65.1 Å². The van der Waals surface area contributed by atoms with Crippen LogP contribution < -0.4 is 5.32 Å². The van der Waals surface area contributed by atoms with Crippen molar-refractivity contribution in [2.75, 3.05) is 45.5 Å². The van der Waals surface area contributed by atoms with Gasteiger partial charge in [0.1, 0.15) is 0 Å². The molecule has 2 saturated heterocycles. The first kappa shape index (κ1) is 18.7. The van der Waals surface area contributed by atoms with Crippen molar-refractivity contribution in [3.8, 4) is 0 Å². The Morgan fingerprint density at radius 1 is 1.17 bits per heavy atom. The lowest BCUT2D eigenvalue weighted by Crippen LogP contribution is -2.46. The summed E-state index contributed by atoms with van der Waals surface area (Å²) in [7, 11) is -1.03. The number of amides is 1. The molecule has 0 unspecified atom stereocenters. The first-order valence-electron chi connectivity index (χ1n) is 8.86. The minimum absolute atomic E-state index is 0.0222. The number of likely N-dealkylation sites (tertiary alicyclic amines) is 1. The number of hydrogen-bond donors (Lipinski definition) is 1. The third kappa shape index (κ3) is 5.43. The minimum atomic E-state index is -3.18. The predicted octanol–water partition coefficient (Wildman–Crippen LogP) is 0.896. The van der Waals surface area contributed by atoms with Gasteiger partial charge in [0.05, 0.1) is 11.7 Å². The van der Waals surface area contributed by atoms with Crippen LogP contribution in [0, 0.1) is 11.8 Å². The summed E-state index contributed by atoms with van der Waals surface area (Å²) in [6.07, 6.45) is 5.00. The molecule has 134 valence electrons. The third-order valence-electron chi connectivity index (χ3n) is 5.20. The Bertz CT molecular complexity index is 487. The summed E-state index contributed by atoms with van der Waals surface area (Å²) in [5.41, 5.74) is 0. The van der Waals surface area contributed by atoms with Crippen LogP contribution in [0.15, 0.2) is 0 Å². The molecule has 0 saturated carbocycles. The van der Waals surface area contributed by atoms with E-state index in [9.17, 15) is 13.2 Å². The molecule has 2 aliphatic rings. The standard InChI is InChI=1S/C16H31N3O3S/c1-3-23(21,22)19-10-4-5-15(13-19)16(20)17-9-6-14-7-11-18(2)12-8-14/h14-15H,3-13H2,1-2H3,(H,17,20)/t15-/m0/s1. The Hall–Kier alpha value is -0.660. The smallest absolute Gasteiger partial charge is 0.224 e. The monoisotopic (exact) mass is 345 g/mol. The van der Waals surface area contributed by atoms with E-state index in [4.69, 9.17) is 0 Å². The Morgan fingerprint density at radius 2 is 1.87 bits per heavy atom. The maximum Gasteiger partial charge on any atom is 0.224 e. The fourth-order valence-electron chi connectivity index (χ4n) is 3.49. The Labute approximate surface area is 140 Å². The molecule has 2 rings (SSSR count). The van der Waals surface area contributed by atoms with Crippen molar-refractivity contribution >= 4 is 15.9 Å². The second-order valence-corrected chi connectivity index (χ2v) is 9.18. The van der Waals surface area contributed by atoms with E-state index >= 15 is 0 Å². The molecule has 6 nitrogen and oxygen atoms in total. The van der Waals surface area contributed by atoms with Crippen molar-refractivity contribution in [2.45, 2.75) is 39.0 Å². The van der Waals surface area contributed by atoms with Crippen molar-refractivity contribution in [1.29, 1.82) is 0 Å². The molecule has 0 spiro atoms. The fraction of sp³-hybridized carbons (Fsp3) is 0.938. The van der Waals surface area contributed by atoms with E-state index in [1.165, 1.54) is 17.1 Å². The van der Waals surface area contributed by atoms with Crippen LogP contribution in [-0.4, -0.2) is 69.1 Å². The molecule has 23 heavy (non-hydrogen) atoms. The normalized spacial score (nSPS) is 25.4. The van der Waals surface area contributed by atoms with Gasteiger partial charge in [-0.15, -0.1) is 0 Å². The average molecular weight is 346 g/mol. The summed E-state index contributed by atoms with van der Waals surface area (Å²) >= 11 is 0. The highest BCUT2D eigenvalue weighted by Crippen LogP contribution is 2.21. The lowest BCUT2D eigenvalue weighted by atomic mass is 9.93. The molecular formula is C16H31N3O3S. The first-order valence-corrected chi connectivity index (χ1v) is 10.5. The zero-order valence-corrected chi connectivity index (χ0v) is 15.3. The molecule has 2 fully saturated rings. The fourth-order valence-corrected chi connectivity index (χ4v) is 4.67. The summed E-state index contributed by atoms with van der Waals surface area (Å²) in [5.74, 6) is 0.642. The largest absolute Gasteiger partial charge is 0.356 e. The van der Waals surface area contributed by atoms with Crippen molar-refractivity contribution in [2.24, 2.45) is 11.8 Å². The van der Waals surface area contributed by atoms with E-state index in [1.54, 1.807) is 6.92 Å². The second-order valence-electron chi connectivity index (χ2n) is 6.92. The molecule has 1 amide bonds. The zero-order valence-electron chi connectivity index (χ0n) is 14.5. The number of nitrogens with one attached hydrogen (secondary N) is 1. The van der Waals surface area contributed by atoms with Crippen LogP contribution in [0.1, 0.15) is 39.0 Å². The summed E-state index contributed by atoms with van der Waals surface area (Å²) in [6.45, 7) is 5.55. The van der Waals surface area contributed by atoms with Gasteiger partial charge in [-0.2, -0.15) is 0 Å². The van der Waals surface area contributed by atoms with E-state index in [-0.39, 0.29) is 17.6 Å². The van der Waals surface area contributed by atoms with Gasteiger partial charge < -0.3 is 10.2 Å². The van der Waals surface area contributed by atoms with Crippen LogP contribution in [0.4, 0.5) is 0 Å². The molecule has 0 bridgehead atoms. The van der Waals surface area contributed by atoms with E-state index < -0.39 is 10.0 Å². The summed E-state index contributed by atoms with van der Waals surface area (Å²) in [4.78, 5) is 14.7. The lowest BCUT2D eigenvalue weighted by molar-refractivity contribution is -0.126. The molecule has 0 aromatic carbocycles. The van der Waals surface area contributed by atoms with Crippen LogP contribution in [0.25, 0.3) is 0 Å². The number of piperidine rings is 2. The minimum Gasteiger partial charge on any atom is -0.356 e. The SMILES string of the molecule is CCS(=O)(=O)N1CCC[C@H](C(=O)NCCC2CCN(C)CC2)C1. The number of sulfonamides is 1. The van der Waals surface area contributed by atoms with Gasteiger partial charge >= 0.3 is 0 Å². The molecule has 7 heteroatoms.